The topological polar surface area (TPSA) is 66.5 Å². The van der Waals surface area contributed by atoms with Gasteiger partial charge in [0.05, 0.1) is 22.7 Å². The van der Waals surface area contributed by atoms with Crippen molar-refractivity contribution in [2.45, 2.75) is 32.2 Å². The number of carbonyl (C=O) groups is 1. The number of amides is 1. The average Bonchev–Trinajstić information content (AvgIpc) is 2.86. The Hall–Kier alpha value is -3.61. The number of nitrogens with one attached hydrogen (secondary N) is 1. The molecule has 0 aliphatic rings. The molecule has 0 aliphatic heterocycles. The maximum atomic E-state index is 13.9. The molecule has 5 nitrogen and oxygen atoms in total. The minimum Gasteiger partial charge on any atom is -0.322 e. The van der Waals surface area contributed by atoms with E-state index in [0.29, 0.717) is 10.7 Å². The van der Waals surface area contributed by atoms with E-state index in [1.807, 2.05) is 39.0 Å². The number of anilines is 2. The van der Waals surface area contributed by atoms with E-state index in [0.717, 1.165) is 22.3 Å². The Morgan fingerprint density at radius 2 is 1.50 bits per heavy atom. The Morgan fingerprint density at radius 1 is 0.833 bits per heavy atom. The van der Waals surface area contributed by atoms with Gasteiger partial charge in [0.1, 0.15) is 0 Å². The van der Waals surface area contributed by atoms with E-state index in [1.54, 1.807) is 72.8 Å². The first-order valence-electron chi connectivity index (χ1n) is 11.5. The monoisotopic (exact) mass is 518 g/mol. The lowest BCUT2D eigenvalue weighted by molar-refractivity contribution is 0.102. The summed E-state index contributed by atoms with van der Waals surface area (Å²) in [5.74, 6) is -0.389. The van der Waals surface area contributed by atoms with E-state index in [1.165, 1.54) is 4.31 Å². The molecule has 0 fully saturated rings. The highest BCUT2D eigenvalue weighted by Gasteiger charge is 2.28. The van der Waals surface area contributed by atoms with Gasteiger partial charge in [0, 0.05) is 10.7 Å². The molecule has 36 heavy (non-hydrogen) atoms. The predicted molar refractivity (Wildman–Crippen MR) is 146 cm³/mol. The van der Waals surface area contributed by atoms with Gasteiger partial charge in [0.2, 0.25) is 0 Å². The molecule has 0 atom stereocenters. The van der Waals surface area contributed by atoms with Crippen molar-refractivity contribution < 1.29 is 13.2 Å². The fourth-order valence-electron chi connectivity index (χ4n) is 3.85. The number of para-hydroxylation sites is 1. The third-order valence-corrected chi connectivity index (χ3v) is 8.14. The first-order valence-corrected chi connectivity index (χ1v) is 13.3. The van der Waals surface area contributed by atoms with Gasteiger partial charge < -0.3 is 5.32 Å². The van der Waals surface area contributed by atoms with Gasteiger partial charge in [-0.05, 0) is 79.9 Å². The molecular formula is C29H27ClN2O3S. The van der Waals surface area contributed by atoms with Gasteiger partial charge in [-0.3, -0.25) is 9.10 Å². The van der Waals surface area contributed by atoms with Gasteiger partial charge in [-0.1, -0.05) is 65.7 Å². The molecule has 0 radical (unpaired) electrons. The largest absolute Gasteiger partial charge is 0.322 e. The summed E-state index contributed by atoms with van der Waals surface area (Å²) in [6.45, 7) is 5.84. The summed E-state index contributed by atoms with van der Waals surface area (Å²) >= 11 is 6.05. The Bertz CT molecular complexity index is 1500. The summed E-state index contributed by atoms with van der Waals surface area (Å²) in [6, 6.07) is 26.1. The Morgan fingerprint density at radius 3 is 2.19 bits per heavy atom. The maximum Gasteiger partial charge on any atom is 0.264 e. The van der Waals surface area contributed by atoms with Crippen LogP contribution in [0.2, 0.25) is 5.02 Å². The van der Waals surface area contributed by atoms with Crippen LogP contribution in [0.3, 0.4) is 0 Å². The number of hydrogen-bond acceptors (Lipinski definition) is 3. The smallest absolute Gasteiger partial charge is 0.264 e. The van der Waals surface area contributed by atoms with Crippen LogP contribution in [0.15, 0.2) is 95.9 Å². The molecule has 0 aliphatic carbocycles. The lowest BCUT2D eigenvalue weighted by atomic mass is 10.1. The van der Waals surface area contributed by atoms with Crippen molar-refractivity contribution in [3.05, 3.63) is 124 Å². The fourth-order valence-corrected chi connectivity index (χ4v) is 5.45. The molecule has 0 unspecified atom stereocenters. The van der Waals surface area contributed by atoms with Gasteiger partial charge >= 0.3 is 0 Å². The van der Waals surface area contributed by atoms with E-state index in [-0.39, 0.29) is 28.6 Å². The highest BCUT2D eigenvalue weighted by atomic mass is 35.5. The molecule has 7 heteroatoms. The van der Waals surface area contributed by atoms with Crippen LogP contribution in [-0.4, -0.2) is 14.3 Å². The van der Waals surface area contributed by atoms with Gasteiger partial charge in [-0.15, -0.1) is 0 Å². The van der Waals surface area contributed by atoms with Crippen molar-refractivity contribution in [1.29, 1.82) is 0 Å². The first-order chi connectivity index (χ1) is 17.2. The van der Waals surface area contributed by atoms with Crippen LogP contribution in [0.4, 0.5) is 11.4 Å². The molecule has 0 heterocycles. The average molecular weight is 519 g/mol. The van der Waals surface area contributed by atoms with E-state index < -0.39 is 10.0 Å². The minimum atomic E-state index is -4.00. The Labute approximate surface area is 217 Å². The minimum absolute atomic E-state index is 0.0289. The molecule has 0 saturated heterocycles. The zero-order valence-electron chi connectivity index (χ0n) is 20.3. The Balaban J connectivity index is 1.80. The zero-order valence-corrected chi connectivity index (χ0v) is 21.9. The summed E-state index contributed by atoms with van der Waals surface area (Å²) in [7, 11) is -4.00. The number of halogens is 1. The maximum absolute atomic E-state index is 13.9. The SMILES string of the molecule is Cc1ccc(S(=O)(=O)N(Cc2ccc(Cl)cc2)c2ccccc2C(=O)Nc2cccc(C)c2C)cc1. The van der Waals surface area contributed by atoms with Gasteiger partial charge in [0.15, 0.2) is 0 Å². The second-order valence-corrected chi connectivity index (χ2v) is 11.0. The Kier molecular flexibility index (Phi) is 7.48. The summed E-state index contributed by atoms with van der Waals surface area (Å²) in [5, 5.41) is 3.51. The third kappa shape index (κ3) is 5.45. The van der Waals surface area contributed by atoms with Crippen molar-refractivity contribution >= 4 is 38.9 Å². The third-order valence-electron chi connectivity index (χ3n) is 6.12. The van der Waals surface area contributed by atoms with Crippen LogP contribution >= 0.6 is 11.6 Å². The molecule has 0 spiro atoms. The van der Waals surface area contributed by atoms with E-state index in [9.17, 15) is 13.2 Å². The van der Waals surface area contributed by atoms with E-state index >= 15 is 0 Å². The molecule has 0 saturated carbocycles. The normalized spacial score (nSPS) is 11.2. The number of carbonyl (C=O) groups excluding carboxylic acids is 1. The number of benzene rings is 4. The zero-order chi connectivity index (χ0) is 25.9. The van der Waals surface area contributed by atoms with Crippen LogP contribution in [0.1, 0.15) is 32.6 Å². The first kappa shape index (κ1) is 25.5. The molecule has 4 aromatic rings. The highest BCUT2D eigenvalue weighted by molar-refractivity contribution is 7.92. The molecule has 184 valence electrons. The summed E-state index contributed by atoms with van der Waals surface area (Å²) in [6.07, 6.45) is 0. The standard InChI is InChI=1S/C29H27ClN2O3S/c1-20-11-17-25(18-12-20)36(34,35)32(19-23-13-15-24(30)16-14-23)28-10-5-4-8-26(28)29(33)31-27-9-6-7-21(2)22(27)3/h4-18H,19H2,1-3H3,(H,31,33). The number of nitrogens with zero attached hydrogens (tertiary/aromatic N) is 1. The van der Waals surface area contributed by atoms with Crippen LogP contribution in [0, 0.1) is 20.8 Å². The molecule has 0 aromatic heterocycles. The van der Waals surface area contributed by atoms with Crippen LogP contribution in [-0.2, 0) is 16.6 Å². The van der Waals surface area contributed by atoms with E-state index in [4.69, 9.17) is 11.6 Å². The van der Waals surface area contributed by atoms with Crippen molar-refractivity contribution in [3.63, 3.8) is 0 Å². The second-order valence-electron chi connectivity index (χ2n) is 8.67. The molecule has 4 aromatic carbocycles. The van der Waals surface area contributed by atoms with Crippen molar-refractivity contribution in [2.24, 2.45) is 0 Å². The van der Waals surface area contributed by atoms with Crippen LogP contribution in [0.5, 0.6) is 0 Å². The summed E-state index contributed by atoms with van der Waals surface area (Å²) in [4.78, 5) is 13.6. The van der Waals surface area contributed by atoms with E-state index in [2.05, 4.69) is 5.32 Å². The summed E-state index contributed by atoms with van der Waals surface area (Å²) in [5.41, 5.74) is 4.91. The number of hydrogen-bond donors (Lipinski definition) is 1. The fraction of sp³-hybridized carbons (Fsp3) is 0.138. The molecular weight excluding hydrogens is 492 g/mol. The van der Waals surface area contributed by atoms with Gasteiger partial charge in [-0.2, -0.15) is 0 Å². The van der Waals surface area contributed by atoms with Crippen molar-refractivity contribution in [2.75, 3.05) is 9.62 Å². The van der Waals surface area contributed by atoms with Gasteiger partial charge in [-0.25, -0.2) is 8.42 Å². The second kappa shape index (κ2) is 10.6. The lowest BCUT2D eigenvalue weighted by Crippen LogP contribution is -2.32. The highest BCUT2D eigenvalue weighted by Crippen LogP contribution is 2.31. The molecule has 1 N–H and O–H groups in total. The molecule has 1 amide bonds. The van der Waals surface area contributed by atoms with Gasteiger partial charge in [0.25, 0.3) is 15.9 Å². The molecule has 0 bridgehead atoms. The number of sulfonamides is 1. The van der Waals surface area contributed by atoms with Crippen molar-refractivity contribution in [3.8, 4) is 0 Å². The summed E-state index contributed by atoms with van der Waals surface area (Å²) < 4.78 is 29.1. The quantitative estimate of drug-likeness (QED) is 0.289. The van der Waals surface area contributed by atoms with Crippen molar-refractivity contribution in [1.82, 2.24) is 0 Å². The van der Waals surface area contributed by atoms with Crippen LogP contribution in [0.25, 0.3) is 0 Å². The predicted octanol–water partition coefficient (Wildman–Crippen LogP) is 6.91. The lowest BCUT2D eigenvalue weighted by Gasteiger charge is -2.27. The van der Waals surface area contributed by atoms with Crippen LogP contribution < -0.4 is 9.62 Å². The number of rotatable bonds is 7. The number of aryl methyl sites for hydroxylation is 2. The molecule has 4 rings (SSSR count).